The molecule has 0 N–H and O–H groups in total. The summed E-state index contributed by atoms with van der Waals surface area (Å²) in [6.07, 6.45) is 4.30. The van der Waals surface area contributed by atoms with E-state index in [0.717, 1.165) is 18.5 Å². The summed E-state index contributed by atoms with van der Waals surface area (Å²) in [5, 5.41) is 0. The van der Waals surface area contributed by atoms with Gasteiger partial charge in [-0.2, -0.15) is 0 Å². The van der Waals surface area contributed by atoms with E-state index in [4.69, 9.17) is 0 Å². The summed E-state index contributed by atoms with van der Waals surface area (Å²) < 4.78 is 0. The number of nitrogens with zero attached hydrogens (tertiary/aromatic N) is 1. The Morgan fingerprint density at radius 1 is 1.15 bits per heavy atom. The van der Waals surface area contributed by atoms with Crippen molar-refractivity contribution < 1.29 is 0 Å². The lowest BCUT2D eigenvalue weighted by molar-refractivity contribution is 0.0150. The highest BCUT2D eigenvalue weighted by Crippen LogP contribution is 2.63. The fourth-order valence-corrected chi connectivity index (χ4v) is 5.34. The number of rotatable bonds is 3. The number of hydrogen-bond donors (Lipinski definition) is 0. The summed E-state index contributed by atoms with van der Waals surface area (Å²) in [6.45, 7) is 8.59. The summed E-state index contributed by atoms with van der Waals surface area (Å²) in [4.78, 5) is 2.62. The monoisotopic (exact) mass is 293 g/mol. The summed E-state index contributed by atoms with van der Waals surface area (Å²) in [7, 11) is 2.32. The molecule has 3 rings (SSSR count). The fourth-order valence-electron chi connectivity index (χ4n) is 5.34. The zero-order chi connectivity index (χ0) is 13.7. The van der Waals surface area contributed by atoms with Gasteiger partial charge in [-0.3, -0.25) is 4.90 Å². The third-order valence-corrected chi connectivity index (χ3v) is 5.91. The Balaban J connectivity index is 0.00000147. The molecule has 0 saturated heterocycles. The topological polar surface area (TPSA) is 3.24 Å². The minimum atomic E-state index is 0. The molecule has 2 aliphatic rings. The molecule has 0 radical (unpaired) electrons. The molecule has 2 aliphatic carbocycles. The lowest BCUT2D eigenvalue weighted by Crippen LogP contribution is -2.50. The predicted molar refractivity (Wildman–Crippen MR) is 88.2 cm³/mol. The lowest BCUT2D eigenvalue weighted by atomic mass is 9.67. The van der Waals surface area contributed by atoms with E-state index in [1.54, 1.807) is 0 Å². The molecule has 1 aromatic carbocycles. The van der Waals surface area contributed by atoms with Crippen LogP contribution in [0.15, 0.2) is 30.3 Å². The third kappa shape index (κ3) is 2.40. The van der Waals surface area contributed by atoms with Gasteiger partial charge in [-0.25, -0.2) is 0 Å². The SMILES string of the molecule is CN(Cc1ccccc1)C1C2(C)CCC(C2)C1(C)C.Cl. The van der Waals surface area contributed by atoms with Gasteiger partial charge < -0.3 is 0 Å². The molecule has 3 atom stereocenters. The van der Waals surface area contributed by atoms with E-state index >= 15 is 0 Å². The van der Waals surface area contributed by atoms with Crippen molar-refractivity contribution in [3.63, 3.8) is 0 Å². The van der Waals surface area contributed by atoms with Gasteiger partial charge in [-0.1, -0.05) is 51.1 Å². The van der Waals surface area contributed by atoms with Crippen LogP contribution in [-0.4, -0.2) is 18.0 Å². The van der Waals surface area contributed by atoms with Gasteiger partial charge in [0, 0.05) is 12.6 Å². The smallest absolute Gasteiger partial charge is 0.0234 e. The van der Waals surface area contributed by atoms with Gasteiger partial charge in [0.2, 0.25) is 0 Å². The van der Waals surface area contributed by atoms with Crippen LogP contribution in [-0.2, 0) is 6.54 Å². The first-order valence-electron chi connectivity index (χ1n) is 7.68. The van der Waals surface area contributed by atoms with Gasteiger partial charge in [0.15, 0.2) is 0 Å². The molecule has 2 bridgehead atoms. The Morgan fingerprint density at radius 2 is 1.80 bits per heavy atom. The van der Waals surface area contributed by atoms with Crippen molar-refractivity contribution in [2.24, 2.45) is 16.7 Å². The molecule has 2 heteroatoms. The van der Waals surface area contributed by atoms with E-state index in [-0.39, 0.29) is 12.4 Å². The third-order valence-electron chi connectivity index (χ3n) is 5.91. The molecule has 0 spiro atoms. The molecule has 20 heavy (non-hydrogen) atoms. The molecule has 3 unspecified atom stereocenters. The normalized spacial score (nSPS) is 34.2. The highest BCUT2D eigenvalue weighted by molar-refractivity contribution is 5.85. The van der Waals surface area contributed by atoms with Crippen LogP contribution in [0.5, 0.6) is 0 Å². The number of hydrogen-bond acceptors (Lipinski definition) is 1. The van der Waals surface area contributed by atoms with Gasteiger partial charge in [-0.05, 0) is 48.6 Å². The van der Waals surface area contributed by atoms with Crippen molar-refractivity contribution in [2.75, 3.05) is 7.05 Å². The first kappa shape index (κ1) is 15.9. The molecule has 2 saturated carbocycles. The van der Waals surface area contributed by atoms with Crippen LogP contribution < -0.4 is 0 Å². The van der Waals surface area contributed by atoms with Gasteiger partial charge in [0.1, 0.15) is 0 Å². The van der Waals surface area contributed by atoms with E-state index in [2.05, 4.69) is 63.1 Å². The van der Waals surface area contributed by atoms with E-state index < -0.39 is 0 Å². The van der Waals surface area contributed by atoms with E-state index in [0.29, 0.717) is 10.8 Å². The highest BCUT2D eigenvalue weighted by Gasteiger charge is 2.60. The number of benzene rings is 1. The molecule has 0 aromatic heterocycles. The lowest BCUT2D eigenvalue weighted by Gasteiger charge is -2.47. The van der Waals surface area contributed by atoms with Crippen molar-refractivity contribution in [1.29, 1.82) is 0 Å². The standard InChI is InChI=1S/C18H27N.ClH/c1-17(2)15-10-11-18(3,12-15)16(17)19(4)13-14-8-6-5-7-9-14;/h5-9,15-16H,10-13H2,1-4H3;1H. The second-order valence-corrected chi connectivity index (χ2v) is 7.72. The van der Waals surface area contributed by atoms with Crippen LogP contribution in [0, 0.1) is 16.7 Å². The Morgan fingerprint density at radius 3 is 2.35 bits per heavy atom. The van der Waals surface area contributed by atoms with Crippen molar-refractivity contribution in [2.45, 2.75) is 52.6 Å². The Hall–Kier alpha value is -0.530. The van der Waals surface area contributed by atoms with Crippen molar-refractivity contribution in [3.05, 3.63) is 35.9 Å². The summed E-state index contributed by atoms with van der Waals surface area (Å²) in [6, 6.07) is 11.6. The van der Waals surface area contributed by atoms with Crippen molar-refractivity contribution in [3.8, 4) is 0 Å². The van der Waals surface area contributed by atoms with Crippen LogP contribution >= 0.6 is 12.4 Å². The molecular formula is C18H28ClN. The first-order chi connectivity index (χ1) is 8.93. The van der Waals surface area contributed by atoms with Crippen molar-refractivity contribution >= 4 is 12.4 Å². The Bertz CT molecular complexity index is 451. The zero-order valence-corrected chi connectivity index (χ0v) is 14.0. The fraction of sp³-hybridized carbons (Fsp3) is 0.667. The van der Waals surface area contributed by atoms with Crippen LogP contribution in [0.3, 0.4) is 0 Å². The first-order valence-corrected chi connectivity index (χ1v) is 7.68. The van der Waals surface area contributed by atoms with Crippen molar-refractivity contribution in [1.82, 2.24) is 4.90 Å². The Labute approximate surface area is 130 Å². The van der Waals surface area contributed by atoms with Gasteiger partial charge in [-0.15, -0.1) is 12.4 Å². The van der Waals surface area contributed by atoms with E-state index in [1.807, 2.05) is 0 Å². The zero-order valence-electron chi connectivity index (χ0n) is 13.2. The predicted octanol–water partition coefficient (Wildman–Crippen LogP) is 4.76. The largest absolute Gasteiger partial charge is 0.298 e. The molecule has 2 fully saturated rings. The minimum absolute atomic E-state index is 0. The van der Waals surface area contributed by atoms with Crippen LogP contribution in [0.2, 0.25) is 0 Å². The molecule has 0 amide bonds. The van der Waals surface area contributed by atoms with E-state index in [9.17, 15) is 0 Å². The van der Waals surface area contributed by atoms with E-state index in [1.165, 1.54) is 24.8 Å². The van der Waals surface area contributed by atoms with Crippen LogP contribution in [0.1, 0.15) is 45.6 Å². The second-order valence-electron chi connectivity index (χ2n) is 7.72. The molecule has 1 aromatic rings. The summed E-state index contributed by atoms with van der Waals surface area (Å²) >= 11 is 0. The maximum Gasteiger partial charge on any atom is 0.0234 e. The Kier molecular flexibility index (Phi) is 4.24. The van der Waals surface area contributed by atoms with Crippen LogP contribution in [0.25, 0.3) is 0 Å². The molecular weight excluding hydrogens is 266 g/mol. The highest BCUT2D eigenvalue weighted by atomic mass is 35.5. The maximum atomic E-state index is 2.62. The number of fused-ring (bicyclic) bond motifs is 2. The maximum absolute atomic E-state index is 2.62. The second kappa shape index (κ2) is 5.35. The molecule has 0 heterocycles. The molecule has 112 valence electrons. The molecule has 1 nitrogen and oxygen atoms in total. The molecule has 0 aliphatic heterocycles. The summed E-state index contributed by atoms with van der Waals surface area (Å²) in [5.74, 6) is 0.931. The average molecular weight is 294 g/mol. The minimum Gasteiger partial charge on any atom is -0.298 e. The number of halogens is 1. The average Bonchev–Trinajstić information content (AvgIpc) is 2.81. The summed E-state index contributed by atoms with van der Waals surface area (Å²) in [5.41, 5.74) is 2.45. The van der Waals surface area contributed by atoms with Crippen LogP contribution in [0.4, 0.5) is 0 Å². The van der Waals surface area contributed by atoms with Gasteiger partial charge in [0.05, 0.1) is 0 Å². The van der Waals surface area contributed by atoms with Gasteiger partial charge in [0.25, 0.3) is 0 Å². The van der Waals surface area contributed by atoms with Gasteiger partial charge >= 0.3 is 0 Å². The quantitative estimate of drug-likeness (QED) is 0.777.